The monoisotopic (exact) mass is 305 g/mol. The van der Waals surface area contributed by atoms with Crippen molar-refractivity contribution in [3.8, 4) is 0 Å². The molecule has 8 heteroatoms. The Labute approximate surface area is 122 Å². The van der Waals surface area contributed by atoms with Crippen LogP contribution in [0.1, 0.15) is 34.6 Å². The molecule has 0 amide bonds. The van der Waals surface area contributed by atoms with Gasteiger partial charge in [-0.1, -0.05) is 5.11 Å². The molecule has 120 valence electrons. The van der Waals surface area contributed by atoms with Crippen LogP contribution < -0.4 is 0 Å². The molecule has 4 atom stereocenters. The predicted molar refractivity (Wildman–Crippen MR) is 70.9 cm³/mol. The van der Waals surface area contributed by atoms with E-state index in [1.807, 2.05) is 0 Å². The zero-order valence-corrected chi connectivity index (χ0v) is 12.8. The minimum atomic E-state index is -3.23. The van der Waals surface area contributed by atoms with Crippen molar-refractivity contribution in [2.75, 3.05) is 6.61 Å². The summed E-state index contributed by atoms with van der Waals surface area (Å²) in [6.45, 7) is 8.49. The van der Waals surface area contributed by atoms with Gasteiger partial charge in [0.25, 0.3) is 5.92 Å². The molecule has 2 unspecified atom stereocenters. The number of alkyl halides is 2. The summed E-state index contributed by atoms with van der Waals surface area (Å²) in [4.78, 5) is 2.53. The van der Waals surface area contributed by atoms with Crippen LogP contribution in [0.15, 0.2) is 5.11 Å². The third-order valence-electron chi connectivity index (χ3n) is 3.63. The zero-order valence-electron chi connectivity index (χ0n) is 12.8. The van der Waals surface area contributed by atoms with Crippen molar-refractivity contribution in [3.63, 3.8) is 0 Å². The Bertz CT molecular complexity index is 458. The lowest BCUT2D eigenvalue weighted by molar-refractivity contribution is -0.199. The van der Waals surface area contributed by atoms with E-state index in [0.717, 1.165) is 0 Å². The first-order valence-corrected chi connectivity index (χ1v) is 6.89. The molecule has 0 aromatic carbocycles. The summed E-state index contributed by atoms with van der Waals surface area (Å²) >= 11 is 0. The molecular formula is C13H21F2N3O3. The SMILES string of the molecule is CC(C)(C)OC[C@@H]1C2OC(C)(C)OC2[C@H](N=[N+]=[N-])C1(F)F. The molecule has 2 fully saturated rings. The topological polar surface area (TPSA) is 76.5 Å². The summed E-state index contributed by atoms with van der Waals surface area (Å²) in [5.74, 6) is -5.42. The number of fused-ring (bicyclic) bond motifs is 1. The number of ether oxygens (including phenoxy) is 3. The van der Waals surface area contributed by atoms with Crippen LogP contribution in [-0.2, 0) is 14.2 Å². The van der Waals surface area contributed by atoms with Crippen LogP contribution in [0.5, 0.6) is 0 Å². The average molecular weight is 305 g/mol. The van der Waals surface area contributed by atoms with Crippen molar-refractivity contribution in [2.45, 2.75) is 70.2 Å². The van der Waals surface area contributed by atoms with Gasteiger partial charge in [-0.3, -0.25) is 0 Å². The Morgan fingerprint density at radius 3 is 2.33 bits per heavy atom. The van der Waals surface area contributed by atoms with E-state index in [1.54, 1.807) is 34.6 Å². The average Bonchev–Trinajstić information content (AvgIpc) is 2.67. The van der Waals surface area contributed by atoms with Gasteiger partial charge in [0.15, 0.2) is 5.79 Å². The Morgan fingerprint density at radius 2 is 1.81 bits per heavy atom. The van der Waals surface area contributed by atoms with E-state index < -0.39 is 41.5 Å². The third kappa shape index (κ3) is 3.13. The van der Waals surface area contributed by atoms with E-state index in [0.29, 0.717) is 0 Å². The summed E-state index contributed by atoms with van der Waals surface area (Å²) in [7, 11) is 0. The van der Waals surface area contributed by atoms with Crippen LogP contribution >= 0.6 is 0 Å². The maximum absolute atomic E-state index is 14.5. The first-order chi connectivity index (χ1) is 9.48. The van der Waals surface area contributed by atoms with E-state index in [-0.39, 0.29) is 6.61 Å². The van der Waals surface area contributed by atoms with Crippen molar-refractivity contribution in [2.24, 2.45) is 11.0 Å². The van der Waals surface area contributed by atoms with Crippen LogP contribution in [0.25, 0.3) is 10.4 Å². The molecule has 1 aliphatic heterocycles. The van der Waals surface area contributed by atoms with Crippen molar-refractivity contribution in [3.05, 3.63) is 10.4 Å². The molecule has 2 rings (SSSR count). The minimum absolute atomic E-state index is 0.186. The lowest BCUT2D eigenvalue weighted by Gasteiger charge is -2.30. The molecule has 0 radical (unpaired) electrons. The highest BCUT2D eigenvalue weighted by atomic mass is 19.3. The number of halogens is 2. The summed E-state index contributed by atoms with van der Waals surface area (Å²) < 4.78 is 45.6. The second-order valence-electron chi connectivity index (χ2n) is 6.92. The molecule has 0 aromatic rings. The third-order valence-corrected chi connectivity index (χ3v) is 3.63. The first kappa shape index (κ1) is 16.4. The zero-order chi connectivity index (χ0) is 16.1. The van der Waals surface area contributed by atoms with Gasteiger partial charge < -0.3 is 14.2 Å². The highest BCUT2D eigenvalue weighted by molar-refractivity contribution is 5.11. The smallest absolute Gasteiger partial charge is 0.266 e. The summed E-state index contributed by atoms with van der Waals surface area (Å²) in [5.41, 5.74) is 8.01. The fourth-order valence-corrected chi connectivity index (χ4v) is 2.77. The Hall–Kier alpha value is -0.950. The second-order valence-corrected chi connectivity index (χ2v) is 6.92. The lowest BCUT2D eigenvalue weighted by atomic mass is 10.0. The predicted octanol–water partition coefficient (Wildman–Crippen LogP) is 3.27. The molecule has 0 aromatic heterocycles. The van der Waals surface area contributed by atoms with Crippen molar-refractivity contribution >= 4 is 0 Å². The van der Waals surface area contributed by atoms with E-state index in [2.05, 4.69) is 10.0 Å². The maximum Gasteiger partial charge on any atom is 0.266 e. The summed E-state index contributed by atoms with van der Waals surface area (Å²) in [6.07, 6.45) is -1.81. The number of hydrogen-bond donors (Lipinski definition) is 0. The number of rotatable bonds is 3. The molecule has 0 bridgehead atoms. The fourth-order valence-electron chi connectivity index (χ4n) is 2.77. The standard InChI is InChI=1S/C13H21F2N3O3/c1-11(2,3)19-6-7-8-9(21-12(4,5)20-8)10(17-18-16)13(7,14)15/h7-10H,6H2,1-5H3/t7-,8?,9?,10+/m1/s1. The molecule has 1 heterocycles. The molecular weight excluding hydrogens is 284 g/mol. The van der Waals surface area contributed by atoms with Gasteiger partial charge in [0.1, 0.15) is 12.1 Å². The molecule has 6 nitrogen and oxygen atoms in total. The largest absolute Gasteiger partial charge is 0.375 e. The highest BCUT2D eigenvalue weighted by Gasteiger charge is 2.68. The number of nitrogens with zero attached hydrogens (tertiary/aromatic N) is 3. The minimum Gasteiger partial charge on any atom is -0.375 e. The van der Waals surface area contributed by atoms with Gasteiger partial charge in [-0.15, -0.1) is 0 Å². The second kappa shape index (κ2) is 5.05. The van der Waals surface area contributed by atoms with Gasteiger partial charge in [0.2, 0.25) is 0 Å². The quantitative estimate of drug-likeness (QED) is 0.456. The van der Waals surface area contributed by atoms with Gasteiger partial charge in [-0.2, -0.15) is 0 Å². The molecule has 21 heavy (non-hydrogen) atoms. The summed E-state index contributed by atoms with van der Waals surface area (Å²) in [5, 5.41) is 3.25. The molecule has 1 saturated carbocycles. The van der Waals surface area contributed by atoms with Crippen molar-refractivity contribution in [1.29, 1.82) is 0 Å². The Kier molecular flexibility index (Phi) is 3.95. The van der Waals surface area contributed by atoms with Crippen LogP contribution in [0.2, 0.25) is 0 Å². The first-order valence-electron chi connectivity index (χ1n) is 6.89. The van der Waals surface area contributed by atoms with E-state index in [4.69, 9.17) is 19.7 Å². The van der Waals surface area contributed by atoms with Gasteiger partial charge in [0, 0.05) is 4.91 Å². The maximum atomic E-state index is 14.5. The van der Waals surface area contributed by atoms with E-state index in [9.17, 15) is 8.78 Å². The number of azide groups is 1. The van der Waals surface area contributed by atoms with Crippen LogP contribution in [0.3, 0.4) is 0 Å². The van der Waals surface area contributed by atoms with Crippen molar-refractivity contribution in [1.82, 2.24) is 0 Å². The Morgan fingerprint density at radius 1 is 1.24 bits per heavy atom. The number of hydrogen-bond acceptors (Lipinski definition) is 4. The van der Waals surface area contributed by atoms with Gasteiger partial charge >= 0.3 is 0 Å². The van der Waals surface area contributed by atoms with Gasteiger partial charge in [0.05, 0.1) is 24.2 Å². The Balaban J connectivity index is 2.27. The molecule has 0 spiro atoms. The molecule has 1 aliphatic carbocycles. The summed E-state index contributed by atoms with van der Waals surface area (Å²) in [6, 6.07) is -1.58. The van der Waals surface area contributed by atoms with Crippen LogP contribution in [-0.4, -0.2) is 42.2 Å². The van der Waals surface area contributed by atoms with Crippen LogP contribution in [0.4, 0.5) is 8.78 Å². The van der Waals surface area contributed by atoms with Crippen LogP contribution in [0, 0.1) is 5.92 Å². The van der Waals surface area contributed by atoms with Gasteiger partial charge in [-0.05, 0) is 40.1 Å². The molecule has 2 aliphatic rings. The molecule has 1 saturated heterocycles. The van der Waals surface area contributed by atoms with Gasteiger partial charge in [-0.25, -0.2) is 8.78 Å². The van der Waals surface area contributed by atoms with E-state index in [1.165, 1.54) is 0 Å². The fraction of sp³-hybridized carbons (Fsp3) is 1.00. The van der Waals surface area contributed by atoms with Crippen molar-refractivity contribution < 1.29 is 23.0 Å². The highest BCUT2D eigenvalue weighted by Crippen LogP contribution is 2.51. The normalized spacial score (nSPS) is 37.1. The van der Waals surface area contributed by atoms with E-state index >= 15 is 0 Å². The molecule has 0 N–H and O–H groups in total. The lowest BCUT2D eigenvalue weighted by Crippen LogP contribution is -2.42.